The van der Waals surface area contributed by atoms with E-state index in [1.165, 1.54) is 6.07 Å². The predicted octanol–water partition coefficient (Wildman–Crippen LogP) is 3.39. The first-order valence-corrected chi connectivity index (χ1v) is 6.62. The van der Waals surface area contributed by atoms with Gasteiger partial charge in [-0.15, -0.1) is 11.6 Å². The molecule has 0 aliphatic rings. The maximum Gasteiger partial charge on any atom is 0.310 e. The molecule has 0 radical (unpaired) electrons. The third-order valence-corrected chi connectivity index (χ3v) is 2.62. The summed E-state index contributed by atoms with van der Waals surface area (Å²) in [6, 6.07) is 4.61. The molecule has 0 fully saturated rings. The highest BCUT2D eigenvalue weighted by Gasteiger charge is 2.15. The quantitative estimate of drug-likeness (QED) is 0.318. The van der Waals surface area contributed by atoms with Gasteiger partial charge in [0.15, 0.2) is 5.75 Å². The van der Waals surface area contributed by atoms with Crippen LogP contribution in [0.25, 0.3) is 0 Å². The van der Waals surface area contributed by atoms with Crippen LogP contribution in [0.3, 0.4) is 0 Å². The Morgan fingerprint density at radius 1 is 1.37 bits per heavy atom. The Labute approximate surface area is 117 Å². The standard InChI is InChI=1S/C13H18ClNO4/c1-10(2)9-18-5-6-19-13-7-11(8-14)3-4-12(13)15(16)17/h3-4,7,10H,5-6,8-9H2,1-2H3. The Morgan fingerprint density at radius 2 is 2.11 bits per heavy atom. The van der Waals surface area contributed by atoms with Gasteiger partial charge in [0, 0.05) is 18.6 Å². The topological polar surface area (TPSA) is 61.6 Å². The molecule has 1 rings (SSSR count). The zero-order valence-electron chi connectivity index (χ0n) is 11.1. The first-order chi connectivity index (χ1) is 9.04. The van der Waals surface area contributed by atoms with E-state index in [4.69, 9.17) is 21.1 Å². The van der Waals surface area contributed by atoms with Gasteiger partial charge in [-0.3, -0.25) is 10.1 Å². The van der Waals surface area contributed by atoms with Gasteiger partial charge in [0.1, 0.15) is 6.61 Å². The van der Waals surface area contributed by atoms with Gasteiger partial charge in [-0.1, -0.05) is 19.9 Å². The fourth-order valence-corrected chi connectivity index (χ4v) is 1.60. The van der Waals surface area contributed by atoms with E-state index in [1.54, 1.807) is 12.1 Å². The van der Waals surface area contributed by atoms with Crippen molar-refractivity contribution in [2.75, 3.05) is 19.8 Å². The molecular formula is C13H18ClNO4. The molecule has 5 nitrogen and oxygen atoms in total. The summed E-state index contributed by atoms with van der Waals surface area (Å²) in [5.41, 5.74) is 0.725. The average molecular weight is 288 g/mol. The van der Waals surface area contributed by atoms with E-state index in [0.717, 1.165) is 5.56 Å². The van der Waals surface area contributed by atoms with Gasteiger partial charge in [-0.25, -0.2) is 0 Å². The zero-order valence-corrected chi connectivity index (χ0v) is 11.9. The number of halogens is 1. The summed E-state index contributed by atoms with van der Waals surface area (Å²) in [7, 11) is 0. The van der Waals surface area contributed by atoms with Crippen LogP contribution < -0.4 is 4.74 Å². The lowest BCUT2D eigenvalue weighted by Crippen LogP contribution is -2.11. The molecule has 0 aliphatic heterocycles. The van der Waals surface area contributed by atoms with E-state index in [0.29, 0.717) is 19.1 Å². The van der Waals surface area contributed by atoms with Gasteiger partial charge in [0.2, 0.25) is 0 Å². The fraction of sp³-hybridized carbons (Fsp3) is 0.538. The lowest BCUT2D eigenvalue weighted by Gasteiger charge is -2.09. The van der Waals surface area contributed by atoms with Gasteiger partial charge in [-0.05, 0) is 17.5 Å². The molecule has 0 heterocycles. The number of nitro groups is 1. The second-order valence-corrected chi connectivity index (χ2v) is 4.78. The molecular weight excluding hydrogens is 270 g/mol. The predicted molar refractivity (Wildman–Crippen MR) is 73.8 cm³/mol. The van der Waals surface area contributed by atoms with Crippen LogP contribution in [0.5, 0.6) is 5.75 Å². The summed E-state index contributed by atoms with van der Waals surface area (Å²) in [5, 5.41) is 10.9. The molecule has 0 unspecified atom stereocenters. The summed E-state index contributed by atoms with van der Waals surface area (Å²) in [6.45, 7) is 5.43. The summed E-state index contributed by atoms with van der Waals surface area (Å²) in [6.07, 6.45) is 0. The molecule has 0 N–H and O–H groups in total. The lowest BCUT2D eigenvalue weighted by molar-refractivity contribution is -0.385. The third-order valence-electron chi connectivity index (χ3n) is 2.31. The van der Waals surface area contributed by atoms with Crippen LogP contribution in [0.4, 0.5) is 5.69 Å². The highest BCUT2D eigenvalue weighted by Crippen LogP contribution is 2.28. The number of hydrogen-bond acceptors (Lipinski definition) is 4. The van der Waals surface area contributed by atoms with E-state index in [2.05, 4.69) is 13.8 Å². The second kappa shape index (κ2) is 7.96. The second-order valence-electron chi connectivity index (χ2n) is 4.51. The molecule has 1 aromatic carbocycles. The summed E-state index contributed by atoms with van der Waals surface area (Å²) >= 11 is 5.70. The minimum atomic E-state index is -0.470. The molecule has 0 saturated heterocycles. The maximum absolute atomic E-state index is 10.9. The Hall–Kier alpha value is -1.33. The van der Waals surface area contributed by atoms with Crippen LogP contribution in [0, 0.1) is 16.0 Å². The Kier molecular flexibility index (Phi) is 6.59. The number of ether oxygens (including phenoxy) is 2. The zero-order chi connectivity index (χ0) is 14.3. The van der Waals surface area contributed by atoms with E-state index in [1.807, 2.05) is 0 Å². The number of rotatable bonds is 8. The van der Waals surface area contributed by atoms with Crippen molar-refractivity contribution in [2.24, 2.45) is 5.92 Å². The van der Waals surface area contributed by atoms with Crippen molar-refractivity contribution in [2.45, 2.75) is 19.7 Å². The van der Waals surface area contributed by atoms with Crippen LogP contribution in [-0.4, -0.2) is 24.7 Å². The summed E-state index contributed by atoms with van der Waals surface area (Å²) in [4.78, 5) is 10.4. The first kappa shape index (κ1) is 15.7. The van der Waals surface area contributed by atoms with Crippen molar-refractivity contribution < 1.29 is 14.4 Å². The maximum atomic E-state index is 10.9. The Morgan fingerprint density at radius 3 is 2.68 bits per heavy atom. The molecule has 0 spiro atoms. The van der Waals surface area contributed by atoms with Crippen molar-refractivity contribution in [1.29, 1.82) is 0 Å². The molecule has 19 heavy (non-hydrogen) atoms. The van der Waals surface area contributed by atoms with Gasteiger partial charge in [0.25, 0.3) is 0 Å². The smallest absolute Gasteiger partial charge is 0.310 e. The van der Waals surface area contributed by atoms with Crippen LogP contribution in [-0.2, 0) is 10.6 Å². The molecule has 0 aliphatic carbocycles. The molecule has 1 aromatic rings. The fourth-order valence-electron chi connectivity index (χ4n) is 1.44. The van der Waals surface area contributed by atoms with Gasteiger partial charge in [0.05, 0.1) is 11.5 Å². The van der Waals surface area contributed by atoms with Crippen molar-refractivity contribution in [1.82, 2.24) is 0 Å². The number of nitro benzene ring substituents is 1. The Balaban J connectivity index is 2.57. The van der Waals surface area contributed by atoms with Crippen LogP contribution >= 0.6 is 11.6 Å². The minimum Gasteiger partial charge on any atom is -0.484 e. The average Bonchev–Trinajstić information content (AvgIpc) is 2.37. The molecule has 0 atom stereocenters. The van der Waals surface area contributed by atoms with Crippen molar-refractivity contribution in [3.8, 4) is 5.75 Å². The molecule has 0 aromatic heterocycles. The highest BCUT2D eigenvalue weighted by molar-refractivity contribution is 6.17. The third kappa shape index (κ3) is 5.44. The monoisotopic (exact) mass is 287 g/mol. The van der Waals surface area contributed by atoms with E-state index in [9.17, 15) is 10.1 Å². The lowest BCUT2D eigenvalue weighted by atomic mass is 10.2. The molecule has 106 valence electrons. The van der Waals surface area contributed by atoms with Gasteiger partial charge < -0.3 is 9.47 Å². The van der Waals surface area contributed by atoms with Gasteiger partial charge >= 0.3 is 5.69 Å². The van der Waals surface area contributed by atoms with Crippen LogP contribution in [0.1, 0.15) is 19.4 Å². The van der Waals surface area contributed by atoms with Crippen molar-refractivity contribution >= 4 is 17.3 Å². The van der Waals surface area contributed by atoms with Crippen LogP contribution in [0.15, 0.2) is 18.2 Å². The van der Waals surface area contributed by atoms with Gasteiger partial charge in [-0.2, -0.15) is 0 Å². The van der Waals surface area contributed by atoms with Crippen LogP contribution in [0.2, 0.25) is 0 Å². The number of nitrogens with zero attached hydrogens (tertiary/aromatic N) is 1. The SMILES string of the molecule is CC(C)COCCOc1cc(CCl)ccc1[N+](=O)[O-]. The molecule has 0 saturated carbocycles. The first-order valence-electron chi connectivity index (χ1n) is 6.08. The van der Waals surface area contributed by atoms with E-state index >= 15 is 0 Å². The largest absolute Gasteiger partial charge is 0.484 e. The van der Waals surface area contributed by atoms with E-state index < -0.39 is 4.92 Å². The molecule has 0 bridgehead atoms. The Bertz CT molecular complexity index is 423. The normalized spacial score (nSPS) is 10.7. The number of alkyl halides is 1. The number of benzene rings is 1. The summed E-state index contributed by atoms with van der Waals surface area (Å²) < 4.78 is 10.8. The highest BCUT2D eigenvalue weighted by atomic mass is 35.5. The number of hydrogen-bond donors (Lipinski definition) is 0. The minimum absolute atomic E-state index is 0.0577. The molecule has 0 amide bonds. The molecule has 6 heteroatoms. The van der Waals surface area contributed by atoms with Crippen molar-refractivity contribution in [3.63, 3.8) is 0 Å². The summed E-state index contributed by atoms with van der Waals surface area (Å²) in [5.74, 6) is 0.975. The van der Waals surface area contributed by atoms with E-state index in [-0.39, 0.29) is 23.9 Å². The van der Waals surface area contributed by atoms with Crippen molar-refractivity contribution in [3.05, 3.63) is 33.9 Å².